The highest BCUT2D eigenvalue weighted by Crippen LogP contribution is 2.17. The van der Waals surface area contributed by atoms with Gasteiger partial charge in [0.1, 0.15) is 5.82 Å². The number of anilines is 3. The summed E-state index contributed by atoms with van der Waals surface area (Å²) < 4.78 is 0. The van der Waals surface area contributed by atoms with Crippen molar-refractivity contribution in [1.82, 2.24) is 15.0 Å². The van der Waals surface area contributed by atoms with Crippen molar-refractivity contribution in [2.24, 2.45) is 0 Å². The minimum Gasteiger partial charge on any atom is -0.368 e. The molecule has 0 bridgehead atoms. The Kier molecular flexibility index (Phi) is 4.89. The lowest BCUT2D eigenvalue weighted by atomic mass is 10.2. The number of nitrogens with one attached hydrogen (secondary N) is 1. The molecule has 3 rings (SSSR count). The van der Waals surface area contributed by atoms with Gasteiger partial charge in [0.2, 0.25) is 5.95 Å². The molecule has 6 heteroatoms. The van der Waals surface area contributed by atoms with Gasteiger partial charge in [-0.25, -0.2) is 4.98 Å². The molecule has 0 atom stereocenters. The maximum atomic E-state index is 5.72. The zero-order valence-corrected chi connectivity index (χ0v) is 14.1. The molecule has 1 aliphatic rings. The van der Waals surface area contributed by atoms with Crippen molar-refractivity contribution in [2.75, 3.05) is 22.5 Å². The summed E-state index contributed by atoms with van der Waals surface area (Å²) in [6.45, 7) is 6.68. The molecule has 0 aliphatic carbocycles. The average Bonchev–Trinajstić information content (AvgIpc) is 2.65. The highest BCUT2D eigenvalue weighted by atomic mass is 15.1. The van der Waals surface area contributed by atoms with Crippen LogP contribution in [0.1, 0.15) is 5.69 Å². The first-order valence-corrected chi connectivity index (χ1v) is 7.90. The van der Waals surface area contributed by atoms with Crippen LogP contribution in [0.2, 0.25) is 0 Å². The Morgan fingerprint density at radius 3 is 2.76 bits per heavy atom. The van der Waals surface area contributed by atoms with E-state index in [0.717, 1.165) is 29.2 Å². The third-order valence-electron chi connectivity index (χ3n) is 3.55. The van der Waals surface area contributed by atoms with E-state index in [4.69, 9.17) is 5.73 Å². The van der Waals surface area contributed by atoms with Crippen LogP contribution < -0.4 is 16.0 Å². The lowest BCUT2D eigenvalue weighted by Gasteiger charge is -2.18. The molecule has 0 fully saturated rings. The third kappa shape index (κ3) is 4.54. The predicted molar refractivity (Wildman–Crippen MR) is 102 cm³/mol. The second-order valence-electron chi connectivity index (χ2n) is 5.63. The van der Waals surface area contributed by atoms with Crippen LogP contribution in [-0.2, 0) is 0 Å². The number of hydrogen-bond acceptors (Lipinski definition) is 6. The number of pyridine rings is 1. The molecule has 0 unspecified atom stereocenters. The summed E-state index contributed by atoms with van der Waals surface area (Å²) >= 11 is 0. The van der Waals surface area contributed by atoms with Crippen molar-refractivity contribution >= 4 is 17.5 Å². The molecular formula is C19H20N6. The molecule has 0 aromatic carbocycles. The smallest absolute Gasteiger partial charge is 0.222 e. The Hall–Kier alpha value is -3.41. The fourth-order valence-electron chi connectivity index (χ4n) is 2.44. The van der Waals surface area contributed by atoms with Crippen molar-refractivity contribution in [3.05, 3.63) is 84.6 Å². The lowest BCUT2D eigenvalue weighted by molar-refractivity contribution is 1.08. The van der Waals surface area contributed by atoms with E-state index >= 15 is 0 Å². The van der Waals surface area contributed by atoms with Crippen LogP contribution in [0, 0.1) is 6.92 Å². The second kappa shape index (κ2) is 7.44. The topological polar surface area (TPSA) is 80.0 Å². The van der Waals surface area contributed by atoms with E-state index in [-0.39, 0.29) is 5.95 Å². The van der Waals surface area contributed by atoms with Gasteiger partial charge in [0.25, 0.3) is 0 Å². The Balaban J connectivity index is 1.81. The zero-order chi connectivity index (χ0) is 17.6. The molecule has 2 aromatic rings. The monoisotopic (exact) mass is 332 g/mol. The molecule has 6 nitrogen and oxygen atoms in total. The number of nitrogen functional groups attached to an aromatic ring is 1. The molecule has 0 saturated carbocycles. The molecule has 0 radical (unpaired) electrons. The standard InChI is InChI=1S/C19H20N6/c1-14-7-11-25(17-5-8-21-9-6-17)10-3-4-16(12-14)23-18-13-15(2)22-19(20)24-18/h3-9,11-13H,1,10H2,2H3,(H3,20,22,23,24)/b4-3-,11-7-,16-12+. The molecular weight excluding hydrogens is 312 g/mol. The summed E-state index contributed by atoms with van der Waals surface area (Å²) in [6, 6.07) is 5.79. The van der Waals surface area contributed by atoms with E-state index in [1.807, 2.05) is 49.6 Å². The molecule has 25 heavy (non-hydrogen) atoms. The van der Waals surface area contributed by atoms with Crippen LogP contribution in [0.5, 0.6) is 0 Å². The first kappa shape index (κ1) is 16.4. The number of nitrogens with two attached hydrogens (primary N) is 1. The molecule has 126 valence electrons. The Morgan fingerprint density at radius 1 is 1.20 bits per heavy atom. The van der Waals surface area contributed by atoms with Gasteiger partial charge in [0, 0.05) is 48.3 Å². The van der Waals surface area contributed by atoms with Crippen LogP contribution in [0.3, 0.4) is 0 Å². The summed E-state index contributed by atoms with van der Waals surface area (Å²) in [5.41, 5.74) is 9.34. The van der Waals surface area contributed by atoms with Gasteiger partial charge >= 0.3 is 0 Å². The van der Waals surface area contributed by atoms with Gasteiger partial charge in [-0.3, -0.25) is 4.98 Å². The summed E-state index contributed by atoms with van der Waals surface area (Å²) in [5, 5.41) is 3.26. The first-order chi connectivity index (χ1) is 12.1. The number of aromatic nitrogens is 3. The summed E-state index contributed by atoms with van der Waals surface area (Å²) in [4.78, 5) is 14.5. The molecule has 1 aliphatic heterocycles. The van der Waals surface area contributed by atoms with E-state index in [0.29, 0.717) is 5.82 Å². The van der Waals surface area contributed by atoms with Crippen molar-refractivity contribution in [3.8, 4) is 0 Å². The van der Waals surface area contributed by atoms with Gasteiger partial charge < -0.3 is 16.0 Å². The van der Waals surface area contributed by atoms with Crippen molar-refractivity contribution in [1.29, 1.82) is 0 Å². The Morgan fingerprint density at radius 2 is 2.00 bits per heavy atom. The van der Waals surface area contributed by atoms with Crippen LogP contribution in [0.25, 0.3) is 0 Å². The average molecular weight is 332 g/mol. The number of allylic oxidation sites excluding steroid dienone is 4. The van der Waals surface area contributed by atoms with Crippen molar-refractivity contribution < 1.29 is 0 Å². The summed E-state index contributed by atoms with van der Waals surface area (Å²) in [5.74, 6) is 0.903. The zero-order valence-electron chi connectivity index (χ0n) is 14.1. The molecule has 0 spiro atoms. The second-order valence-corrected chi connectivity index (χ2v) is 5.63. The number of hydrogen-bond donors (Lipinski definition) is 2. The summed E-state index contributed by atoms with van der Waals surface area (Å²) in [7, 11) is 0. The largest absolute Gasteiger partial charge is 0.368 e. The van der Waals surface area contributed by atoms with Gasteiger partial charge in [0.05, 0.1) is 0 Å². The maximum absolute atomic E-state index is 5.72. The minimum atomic E-state index is 0.248. The molecule has 3 N–H and O–H groups in total. The lowest BCUT2D eigenvalue weighted by Crippen LogP contribution is -2.15. The third-order valence-corrected chi connectivity index (χ3v) is 3.55. The highest BCUT2D eigenvalue weighted by Gasteiger charge is 2.05. The van der Waals surface area contributed by atoms with Crippen LogP contribution in [0.4, 0.5) is 17.5 Å². The molecule has 2 aromatic heterocycles. The van der Waals surface area contributed by atoms with E-state index in [1.165, 1.54) is 0 Å². The van der Waals surface area contributed by atoms with Gasteiger partial charge in [-0.1, -0.05) is 12.7 Å². The van der Waals surface area contributed by atoms with Crippen LogP contribution in [-0.4, -0.2) is 21.5 Å². The van der Waals surface area contributed by atoms with Crippen LogP contribution >= 0.6 is 0 Å². The SMILES string of the molecule is C=C1/C=C\N(c2ccncc2)C/C=C\C(Nc2cc(C)nc(N)n2)=C/1. The molecule has 0 amide bonds. The maximum Gasteiger partial charge on any atom is 0.222 e. The van der Waals surface area contributed by atoms with E-state index < -0.39 is 0 Å². The number of nitrogens with zero attached hydrogens (tertiary/aromatic N) is 4. The number of rotatable bonds is 3. The minimum absolute atomic E-state index is 0.248. The highest BCUT2D eigenvalue weighted by molar-refractivity contribution is 5.54. The molecule has 3 heterocycles. The molecule has 0 saturated heterocycles. The fourth-order valence-corrected chi connectivity index (χ4v) is 2.44. The Bertz CT molecular complexity index is 831. The van der Waals surface area contributed by atoms with E-state index in [2.05, 4.69) is 37.8 Å². The number of aryl methyl sites for hydroxylation is 1. The fraction of sp³-hybridized carbons (Fsp3) is 0.105. The van der Waals surface area contributed by atoms with E-state index in [9.17, 15) is 0 Å². The van der Waals surface area contributed by atoms with Crippen molar-refractivity contribution in [2.45, 2.75) is 6.92 Å². The predicted octanol–water partition coefficient (Wildman–Crippen LogP) is 3.20. The quantitative estimate of drug-likeness (QED) is 0.898. The van der Waals surface area contributed by atoms with Crippen LogP contribution in [0.15, 0.2) is 78.9 Å². The van der Waals surface area contributed by atoms with Gasteiger partial charge in [-0.2, -0.15) is 4.98 Å². The summed E-state index contributed by atoms with van der Waals surface area (Å²) in [6.07, 6.45) is 13.6. The van der Waals surface area contributed by atoms with Gasteiger partial charge in [0.15, 0.2) is 0 Å². The normalized spacial score (nSPS) is 19.2. The van der Waals surface area contributed by atoms with Gasteiger partial charge in [-0.05, 0) is 42.9 Å². The Labute approximate surface area is 147 Å². The van der Waals surface area contributed by atoms with Gasteiger partial charge in [-0.15, -0.1) is 0 Å². The first-order valence-electron chi connectivity index (χ1n) is 7.90. The van der Waals surface area contributed by atoms with E-state index in [1.54, 1.807) is 12.4 Å². The van der Waals surface area contributed by atoms with Crippen molar-refractivity contribution in [3.63, 3.8) is 0 Å².